The lowest BCUT2D eigenvalue weighted by molar-refractivity contribution is -0.137. The van der Waals surface area contributed by atoms with E-state index in [-0.39, 0.29) is 12.4 Å². The Morgan fingerprint density at radius 2 is 2.47 bits per heavy atom. The minimum atomic E-state index is -1.08. The van der Waals surface area contributed by atoms with Gasteiger partial charge in [-0.2, -0.15) is 0 Å². The predicted molar refractivity (Wildman–Crippen MR) is 49.7 cm³/mol. The zero-order valence-electron chi connectivity index (χ0n) is 7.71. The summed E-state index contributed by atoms with van der Waals surface area (Å²) < 4.78 is 5.10. The van der Waals surface area contributed by atoms with Crippen molar-refractivity contribution in [2.75, 3.05) is 18.1 Å². The molecule has 1 N–H and O–H groups in total. The monoisotopic (exact) mass is 208 g/mol. The van der Waals surface area contributed by atoms with Crippen LogP contribution in [0.25, 0.3) is 0 Å². The van der Waals surface area contributed by atoms with E-state index in [0.717, 1.165) is 4.90 Å². The molecule has 1 aliphatic heterocycles. The number of rotatable bonds is 2. The smallest absolute Gasteiger partial charge is 0.323 e. The van der Waals surface area contributed by atoms with Crippen molar-refractivity contribution in [1.82, 2.24) is 4.98 Å². The van der Waals surface area contributed by atoms with E-state index in [0.29, 0.717) is 5.75 Å². The lowest BCUT2D eigenvalue weighted by Crippen LogP contribution is -2.42. The van der Waals surface area contributed by atoms with Crippen molar-refractivity contribution >= 4 is 17.7 Å². The van der Waals surface area contributed by atoms with Crippen LogP contribution >= 0.6 is 0 Å². The fraction of sp³-hybridized carbons (Fsp3) is 0.222. The van der Waals surface area contributed by atoms with Crippen LogP contribution in [0.5, 0.6) is 5.75 Å². The molecule has 0 unspecified atom stereocenters. The highest BCUT2D eigenvalue weighted by Crippen LogP contribution is 2.28. The van der Waals surface area contributed by atoms with Gasteiger partial charge in [0.25, 0.3) is 5.91 Å². The van der Waals surface area contributed by atoms with Gasteiger partial charge in [0.15, 0.2) is 18.2 Å². The first-order valence-electron chi connectivity index (χ1n) is 4.28. The zero-order chi connectivity index (χ0) is 10.8. The van der Waals surface area contributed by atoms with Crippen molar-refractivity contribution in [3.05, 3.63) is 18.3 Å². The third-order valence-corrected chi connectivity index (χ3v) is 1.95. The Hall–Kier alpha value is -2.11. The van der Waals surface area contributed by atoms with Crippen LogP contribution in [0.2, 0.25) is 0 Å². The number of aliphatic carboxylic acids is 1. The summed E-state index contributed by atoms with van der Waals surface area (Å²) in [5.74, 6) is -0.792. The summed E-state index contributed by atoms with van der Waals surface area (Å²) in [6, 6.07) is 3.30. The van der Waals surface area contributed by atoms with Crippen LogP contribution in [0.4, 0.5) is 5.82 Å². The van der Waals surface area contributed by atoms with Gasteiger partial charge >= 0.3 is 5.97 Å². The van der Waals surface area contributed by atoms with Gasteiger partial charge in [-0.15, -0.1) is 0 Å². The molecule has 0 spiro atoms. The van der Waals surface area contributed by atoms with Crippen LogP contribution < -0.4 is 9.64 Å². The second kappa shape index (κ2) is 3.56. The molecule has 0 radical (unpaired) electrons. The third-order valence-electron chi connectivity index (χ3n) is 1.95. The van der Waals surface area contributed by atoms with Gasteiger partial charge in [0, 0.05) is 6.20 Å². The summed E-state index contributed by atoms with van der Waals surface area (Å²) in [6.45, 7) is -0.543. The number of ether oxygens (including phenoxy) is 1. The molecule has 0 fully saturated rings. The maximum Gasteiger partial charge on any atom is 0.323 e. The minimum Gasteiger partial charge on any atom is -0.480 e. The van der Waals surface area contributed by atoms with Crippen molar-refractivity contribution in [3.63, 3.8) is 0 Å². The molecular formula is C9H8N2O4. The van der Waals surface area contributed by atoms with Gasteiger partial charge in [0.05, 0.1) is 0 Å². The highest BCUT2D eigenvalue weighted by molar-refractivity contribution is 6.00. The Kier molecular flexibility index (Phi) is 2.24. The average molecular weight is 208 g/mol. The highest BCUT2D eigenvalue weighted by atomic mass is 16.5. The quantitative estimate of drug-likeness (QED) is 0.733. The standard InChI is InChI=1S/C9H8N2O4/c12-7-5-15-6-2-1-3-10-9(6)11(7)4-8(13)14/h1-3H,4-5H2,(H,13,14). The second-order valence-corrected chi connectivity index (χ2v) is 2.99. The fourth-order valence-corrected chi connectivity index (χ4v) is 1.33. The van der Waals surface area contributed by atoms with Gasteiger partial charge < -0.3 is 9.84 Å². The number of anilines is 1. The molecular weight excluding hydrogens is 200 g/mol. The number of nitrogens with zero attached hydrogens (tertiary/aromatic N) is 2. The third kappa shape index (κ3) is 1.74. The number of carboxylic acid groups (broad SMARTS) is 1. The molecule has 78 valence electrons. The Morgan fingerprint density at radius 1 is 1.67 bits per heavy atom. The predicted octanol–water partition coefficient (Wildman–Crippen LogP) is -0.108. The summed E-state index contributed by atoms with van der Waals surface area (Å²) in [7, 11) is 0. The maximum absolute atomic E-state index is 11.4. The van der Waals surface area contributed by atoms with Crippen LogP contribution in [-0.4, -0.2) is 35.1 Å². The molecule has 0 aromatic carbocycles. The molecule has 1 aromatic rings. The zero-order valence-corrected chi connectivity index (χ0v) is 7.71. The molecule has 2 rings (SSSR count). The van der Waals surface area contributed by atoms with E-state index >= 15 is 0 Å². The number of hydrogen-bond donors (Lipinski definition) is 1. The van der Waals surface area contributed by atoms with Crippen molar-refractivity contribution < 1.29 is 19.4 Å². The summed E-state index contributed by atoms with van der Waals surface area (Å²) in [6.07, 6.45) is 1.48. The molecule has 0 bridgehead atoms. The van der Waals surface area contributed by atoms with Crippen molar-refractivity contribution in [2.45, 2.75) is 0 Å². The number of carbonyl (C=O) groups excluding carboxylic acids is 1. The number of pyridine rings is 1. The molecule has 1 aromatic heterocycles. The number of carbonyl (C=O) groups is 2. The van der Waals surface area contributed by atoms with Gasteiger partial charge in [-0.3, -0.25) is 14.5 Å². The lowest BCUT2D eigenvalue weighted by Gasteiger charge is -2.26. The molecule has 0 saturated carbocycles. The van der Waals surface area contributed by atoms with Crippen molar-refractivity contribution in [2.24, 2.45) is 0 Å². The number of amides is 1. The number of hydrogen-bond acceptors (Lipinski definition) is 4. The summed E-state index contributed by atoms with van der Waals surface area (Å²) in [5, 5.41) is 8.65. The number of fused-ring (bicyclic) bond motifs is 1. The van der Waals surface area contributed by atoms with Crippen LogP contribution in [0.1, 0.15) is 0 Å². The molecule has 0 saturated heterocycles. The minimum absolute atomic E-state index is 0.147. The molecule has 0 atom stereocenters. The van der Waals surface area contributed by atoms with Gasteiger partial charge in [0.2, 0.25) is 0 Å². The number of aromatic nitrogens is 1. The van der Waals surface area contributed by atoms with Gasteiger partial charge in [-0.25, -0.2) is 4.98 Å². The van der Waals surface area contributed by atoms with E-state index in [1.54, 1.807) is 12.1 Å². The summed E-state index contributed by atoms with van der Waals surface area (Å²) in [4.78, 5) is 27.0. The van der Waals surface area contributed by atoms with Crippen LogP contribution in [0.3, 0.4) is 0 Å². The largest absolute Gasteiger partial charge is 0.480 e. The lowest BCUT2D eigenvalue weighted by atomic mass is 10.3. The second-order valence-electron chi connectivity index (χ2n) is 2.99. The van der Waals surface area contributed by atoms with Crippen LogP contribution in [0.15, 0.2) is 18.3 Å². The first-order chi connectivity index (χ1) is 7.18. The Morgan fingerprint density at radius 3 is 3.20 bits per heavy atom. The summed E-state index contributed by atoms with van der Waals surface area (Å²) >= 11 is 0. The van der Waals surface area contributed by atoms with E-state index < -0.39 is 18.4 Å². The van der Waals surface area contributed by atoms with E-state index in [1.165, 1.54) is 6.20 Å². The first-order valence-corrected chi connectivity index (χ1v) is 4.28. The Bertz CT molecular complexity index is 418. The topological polar surface area (TPSA) is 79.7 Å². The van der Waals surface area contributed by atoms with Gasteiger partial charge in [-0.05, 0) is 12.1 Å². The molecule has 1 aliphatic rings. The van der Waals surface area contributed by atoms with Gasteiger partial charge in [0.1, 0.15) is 6.54 Å². The molecule has 1 amide bonds. The van der Waals surface area contributed by atoms with E-state index in [2.05, 4.69) is 4.98 Å². The molecule has 6 heteroatoms. The van der Waals surface area contributed by atoms with E-state index in [4.69, 9.17) is 9.84 Å². The fourth-order valence-electron chi connectivity index (χ4n) is 1.33. The van der Waals surface area contributed by atoms with Crippen molar-refractivity contribution in [3.8, 4) is 5.75 Å². The molecule has 6 nitrogen and oxygen atoms in total. The van der Waals surface area contributed by atoms with Crippen molar-refractivity contribution in [1.29, 1.82) is 0 Å². The average Bonchev–Trinajstić information content (AvgIpc) is 2.22. The van der Waals surface area contributed by atoms with Crippen LogP contribution in [0, 0.1) is 0 Å². The first kappa shape index (κ1) is 9.45. The summed E-state index contributed by atoms with van der Waals surface area (Å²) in [5.41, 5.74) is 0. The maximum atomic E-state index is 11.4. The molecule has 0 aliphatic carbocycles. The number of carboxylic acids is 1. The van der Waals surface area contributed by atoms with E-state index in [9.17, 15) is 9.59 Å². The normalized spacial score (nSPS) is 14.4. The molecule has 2 heterocycles. The van der Waals surface area contributed by atoms with Gasteiger partial charge in [-0.1, -0.05) is 0 Å². The molecule has 15 heavy (non-hydrogen) atoms. The van der Waals surface area contributed by atoms with Crippen LogP contribution in [-0.2, 0) is 9.59 Å². The Balaban J connectivity index is 2.37. The highest BCUT2D eigenvalue weighted by Gasteiger charge is 2.27. The Labute approximate surface area is 85.1 Å². The SMILES string of the molecule is O=C(O)CN1C(=O)COc2cccnc21. The van der Waals surface area contributed by atoms with E-state index in [1.807, 2.05) is 0 Å².